The second-order valence-corrected chi connectivity index (χ2v) is 10.3. The van der Waals surface area contributed by atoms with Crippen molar-refractivity contribution in [3.8, 4) is 0 Å². The lowest BCUT2D eigenvalue weighted by Crippen LogP contribution is -2.57. The normalized spacial score (nSPS) is 27.8. The summed E-state index contributed by atoms with van der Waals surface area (Å²) in [6.45, 7) is 4.98. The number of likely N-dealkylation sites (tertiary alicyclic amines) is 1. The quantitative estimate of drug-likeness (QED) is 0.377. The molecule has 2 saturated heterocycles. The fraction of sp³-hybridized carbons (Fsp3) is 0.560. The highest BCUT2D eigenvalue weighted by atomic mass is 16.4. The van der Waals surface area contributed by atoms with Gasteiger partial charge in [0, 0.05) is 25.4 Å². The van der Waals surface area contributed by atoms with Crippen molar-refractivity contribution < 1.29 is 29.1 Å². The Bertz CT molecular complexity index is 1010. The molecule has 0 spiro atoms. The molecule has 4 amide bonds. The summed E-state index contributed by atoms with van der Waals surface area (Å²) >= 11 is 0. The average molecular weight is 485 g/mol. The number of carbonyl (C=O) groups excluding carboxylic acids is 4. The monoisotopic (exact) mass is 484 g/mol. The lowest BCUT2D eigenvalue weighted by molar-refractivity contribution is -0.142. The first-order valence-electron chi connectivity index (χ1n) is 12.0. The molecular weight excluding hydrogens is 452 g/mol. The number of rotatable bonds is 9. The first kappa shape index (κ1) is 24.7. The van der Waals surface area contributed by atoms with Gasteiger partial charge in [-0.15, -0.1) is 0 Å². The summed E-state index contributed by atoms with van der Waals surface area (Å²) in [5.74, 6) is -1.35. The van der Waals surface area contributed by atoms with E-state index >= 15 is 0 Å². The molecule has 1 aromatic rings. The van der Waals surface area contributed by atoms with E-state index in [0.29, 0.717) is 25.8 Å². The summed E-state index contributed by atoms with van der Waals surface area (Å²) < 4.78 is 0. The van der Waals surface area contributed by atoms with Crippen LogP contribution in [0.3, 0.4) is 0 Å². The number of nitrogens with zero attached hydrogens (tertiary/aromatic N) is 1. The van der Waals surface area contributed by atoms with E-state index in [-0.39, 0.29) is 41.9 Å². The summed E-state index contributed by atoms with van der Waals surface area (Å²) in [5, 5.41) is 17.1. The largest absolute Gasteiger partial charge is 0.465 e. The molecule has 2 unspecified atom stereocenters. The number of nitrogens with one attached hydrogen (secondary N) is 3. The van der Waals surface area contributed by atoms with Gasteiger partial charge in [-0.2, -0.15) is 0 Å². The predicted octanol–water partition coefficient (Wildman–Crippen LogP) is 0.558. The van der Waals surface area contributed by atoms with Crippen molar-refractivity contribution in [2.24, 2.45) is 23.2 Å². The molecular formula is C25H32N4O6. The van der Waals surface area contributed by atoms with E-state index in [1.165, 1.54) is 4.90 Å². The van der Waals surface area contributed by atoms with Crippen LogP contribution < -0.4 is 16.0 Å². The Labute approximate surface area is 203 Å². The Balaban J connectivity index is 1.51. The van der Waals surface area contributed by atoms with Crippen LogP contribution >= 0.6 is 0 Å². The third kappa shape index (κ3) is 5.01. The van der Waals surface area contributed by atoms with Gasteiger partial charge in [0.25, 0.3) is 0 Å². The highest BCUT2D eigenvalue weighted by Gasteiger charge is 2.69. The van der Waals surface area contributed by atoms with E-state index in [2.05, 4.69) is 16.0 Å². The van der Waals surface area contributed by atoms with Crippen LogP contribution in [0, 0.1) is 23.2 Å². The number of fused-ring (bicyclic) bond motifs is 1. The number of hydrogen-bond acceptors (Lipinski definition) is 5. The lowest BCUT2D eigenvalue weighted by Gasteiger charge is -2.33. The molecule has 0 radical (unpaired) electrons. The second kappa shape index (κ2) is 9.67. The van der Waals surface area contributed by atoms with Gasteiger partial charge in [0.05, 0.1) is 6.04 Å². The molecule has 4 rings (SSSR count). The Morgan fingerprint density at radius 2 is 1.94 bits per heavy atom. The molecule has 1 aromatic carbocycles. The minimum atomic E-state index is -1.32. The zero-order valence-corrected chi connectivity index (χ0v) is 19.9. The van der Waals surface area contributed by atoms with Crippen molar-refractivity contribution in [2.45, 2.75) is 51.2 Å². The standard InChI is InChI=1S/C25H32N4O6/c1-25(2)17-12-29(23(33)18(28-24(34)35)10-14-6-4-3-5-7-14)20(19(17)25)22(32)27-16(13-30)11-15-8-9-26-21(15)31/h3-7,13,15-20,28H,8-12H2,1-2H3,(H,26,31)(H,27,32)(H,34,35)/t15-,16?,17-,18?,19-,20-/m0/s1. The minimum absolute atomic E-state index is 0.0873. The first-order chi connectivity index (χ1) is 16.6. The van der Waals surface area contributed by atoms with Crippen LogP contribution in [-0.4, -0.2) is 71.3 Å². The van der Waals surface area contributed by atoms with Crippen LogP contribution in [0.15, 0.2) is 30.3 Å². The number of benzene rings is 1. The average Bonchev–Trinajstić information content (AvgIpc) is 3.17. The molecule has 3 fully saturated rings. The zero-order valence-electron chi connectivity index (χ0n) is 19.9. The number of piperidine rings is 1. The van der Waals surface area contributed by atoms with Crippen LogP contribution in [0.1, 0.15) is 32.3 Å². The molecule has 3 aliphatic rings. The summed E-state index contributed by atoms with van der Waals surface area (Å²) in [6.07, 6.45) is 0.275. The molecule has 6 atom stereocenters. The molecule has 4 N–H and O–H groups in total. The third-order valence-electron chi connectivity index (χ3n) is 7.83. The summed E-state index contributed by atoms with van der Waals surface area (Å²) in [5.41, 5.74) is 0.650. The smallest absolute Gasteiger partial charge is 0.405 e. The van der Waals surface area contributed by atoms with Gasteiger partial charge < -0.3 is 30.8 Å². The molecule has 0 bridgehead atoms. The maximum atomic E-state index is 13.6. The Hall–Kier alpha value is -3.43. The van der Waals surface area contributed by atoms with Crippen molar-refractivity contribution in [3.63, 3.8) is 0 Å². The Kier molecular flexibility index (Phi) is 6.82. The van der Waals surface area contributed by atoms with Crippen molar-refractivity contribution >= 4 is 30.1 Å². The number of amides is 4. The molecule has 10 nitrogen and oxygen atoms in total. The van der Waals surface area contributed by atoms with E-state index in [9.17, 15) is 29.1 Å². The van der Waals surface area contributed by atoms with Crippen LogP contribution in [0.4, 0.5) is 4.79 Å². The molecule has 0 aromatic heterocycles. The maximum Gasteiger partial charge on any atom is 0.405 e. The summed E-state index contributed by atoms with van der Waals surface area (Å²) in [7, 11) is 0. The van der Waals surface area contributed by atoms with Gasteiger partial charge in [0.2, 0.25) is 17.7 Å². The van der Waals surface area contributed by atoms with E-state index in [0.717, 1.165) is 5.56 Å². The third-order valence-corrected chi connectivity index (χ3v) is 7.83. The van der Waals surface area contributed by atoms with Gasteiger partial charge >= 0.3 is 6.09 Å². The Morgan fingerprint density at radius 1 is 1.23 bits per heavy atom. The van der Waals surface area contributed by atoms with E-state index < -0.39 is 36.0 Å². The van der Waals surface area contributed by atoms with Gasteiger partial charge in [0.1, 0.15) is 18.4 Å². The summed E-state index contributed by atoms with van der Waals surface area (Å²) in [6, 6.07) is 6.38. The molecule has 1 saturated carbocycles. The number of aldehydes is 1. The predicted molar refractivity (Wildman–Crippen MR) is 125 cm³/mol. The first-order valence-corrected chi connectivity index (χ1v) is 12.0. The minimum Gasteiger partial charge on any atom is -0.465 e. The van der Waals surface area contributed by atoms with Gasteiger partial charge in [-0.25, -0.2) is 4.79 Å². The number of carbonyl (C=O) groups is 5. The zero-order chi connectivity index (χ0) is 25.3. The summed E-state index contributed by atoms with van der Waals surface area (Å²) in [4.78, 5) is 63.5. The van der Waals surface area contributed by atoms with Crippen molar-refractivity contribution in [1.82, 2.24) is 20.9 Å². The van der Waals surface area contributed by atoms with Crippen molar-refractivity contribution in [1.29, 1.82) is 0 Å². The van der Waals surface area contributed by atoms with Gasteiger partial charge in [-0.1, -0.05) is 44.2 Å². The van der Waals surface area contributed by atoms with Gasteiger partial charge in [-0.3, -0.25) is 14.4 Å². The molecule has 35 heavy (non-hydrogen) atoms. The highest BCUT2D eigenvalue weighted by molar-refractivity contribution is 5.94. The molecule has 188 valence electrons. The molecule has 2 aliphatic heterocycles. The van der Waals surface area contributed by atoms with E-state index in [1.54, 1.807) is 0 Å². The second-order valence-electron chi connectivity index (χ2n) is 10.3. The molecule has 10 heteroatoms. The number of hydrogen-bond donors (Lipinski definition) is 4. The van der Waals surface area contributed by atoms with E-state index in [4.69, 9.17) is 0 Å². The molecule has 2 heterocycles. The molecule has 1 aliphatic carbocycles. The topological polar surface area (TPSA) is 145 Å². The highest BCUT2D eigenvalue weighted by Crippen LogP contribution is 2.64. The van der Waals surface area contributed by atoms with Crippen molar-refractivity contribution in [2.75, 3.05) is 13.1 Å². The van der Waals surface area contributed by atoms with Crippen LogP contribution in [0.2, 0.25) is 0 Å². The van der Waals surface area contributed by atoms with E-state index in [1.807, 2.05) is 44.2 Å². The van der Waals surface area contributed by atoms with Crippen LogP contribution in [-0.2, 0) is 25.6 Å². The van der Waals surface area contributed by atoms with Crippen LogP contribution in [0.25, 0.3) is 0 Å². The van der Waals surface area contributed by atoms with Gasteiger partial charge in [0.15, 0.2) is 0 Å². The van der Waals surface area contributed by atoms with Crippen LogP contribution in [0.5, 0.6) is 0 Å². The lowest BCUT2D eigenvalue weighted by atomic mass is 9.96. The Morgan fingerprint density at radius 3 is 2.54 bits per heavy atom. The maximum absolute atomic E-state index is 13.6. The number of carboxylic acid groups (broad SMARTS) is 1. The fourth-order valence-corrected chi connectivity index (χ4v) is 5.81. The SMILES string of the molecule is CC1(C)[C@@H]2[C@@H](C(=O)NC(C=O)C[C@@H]3CCNC3=O)N(C(=O)C(Cc3ccccc3)NC(=O)O)C[C@@H]21. The van der Waals surface area contributed by atoms with Gasteiger partial charge in [-0.05, 0) is 35.7 Å². The van der Waals surface area contributed by atoms with Crippen molar-refractivity contribution in [3.05, 3.63) is 35.9 Å². The fourth-order valence-electron chi connectivity index (χ4n) is 5.81.